The molecule has 0 atom stereocenters. The molecule has 26 heavy (non-hydrogen) atoms. The van der Waals surface area contributed by atoms with Gasteiger partial charge in [-0.25, -0.2) is 0 Å². The average molecular weight is 342 g/mol. The smallest absolute Gasteiger partial charge is 0.272 e. The van der Waals surface area contributed by atoms with Crippen LogP contribution >= 0.6 is 0 Å². The fourth-order valence-corrected chi connectivity index (χ4v) is 2.91. The lowest BCUT2D eigenvalue weighted by molar-refractivity contribution is -0.114. The topological polar surface area (TPSA) is 50.5 Å². The van der Waals surface area contributed by atoms with Gasteiger partial charge in [0.2, 0.25) is 0 Å². The van der Waals surface area contributed by atoms with E-state index in [1.165, 1.54) is 5.01 Å². The number of nitrogens with zero attached hydrogens (tertiary/aromatic N) is 4. The van der Waals surface area contributed by atoms with Crippen LogP contribution in [0.15, 0.2) is 77.5 Å². The second kappa shape index (κ2) is 6.44. The van der Waals surface area contributed by atoms with Crippen LogP contribution in [0.3, 0.4) is 0 Å². The Morgan fingerprint density at radius 2 is 1.62 bits per heavy atom. The van der Waals surface area contributed by atoms with E-state index in [1.807, 2.05) is 80.7 Å². The van der Waals surface area contributed by atoms with Gasteiger partial charge in [-0.3, -0.25) is 9.48 Å². The number of carbonyl (C=O) groups excluding carboxylic acids is 1. The predicted molar refractivity (Wildman–Crippen MR) is 103 cm³/mol. The number of anilines is 1. The molecule has 128 valence electrons. The quantitative estimate of drug-likeness (QED) is 0.683. The molecule has 2 aromatic carbocycles. The SMILES string of the molecule is Cc1c(/C=C2/C(=O)N(c3ccccc3)N=C2c2ccccc2)cnn1C. The molecule has 0 aliphatic carbocycles. The summed E-state index contributed by atoms with van der Waals surface area (Å²) >= 11 is 0. The van der Waals surface area contributed by atoms with Gasteiger partial charge in [-0.2, -0.15) is 15.2 Å². The van der Waals surface area contributed by atoms with Crippen LogP contribution in [0.5, 0.6) is 0 Å². The fourth-order valence-electron chi connectivity index (χ4n) is 2.91. The van der Waals surface area contributed by atoms with Crippen LogP contribution in [-0.2, 0) is 11.8 Å². The summed E-state index contributed by atoms with van der Waals surface area (Å²) in [6.07, 6.45) is 3.64. The molecule has 0 fully saturated rings. The lowest BCUT2D eigenvalue weighted by atomic mass is 10.0. The van der Waals surface area contributed by atoms with Gasteiger partial charge in [-0.15, -0.1) is 0 Å². The molecule has 0 bridgehead atoms. The van der Waals surface area contributed by atoms with E-state index in [9.17, 15) is 4.79 Å². The van der Waals surface area contributed by atoms with E-state index >= 15 is 0 Å². The summed E-state index contributed by atoms with van der Waals surface area (Å²) in [6.45, 7) is 1.98. The van der Waals surface area contributed by atoms with Crippen molar-refractivity contribution in [1.29, 1.82) is 0 Å². The highest BCUT2D eigenvalue weighted by molar-refractivity contribution is 6.37. The van der Waals surface area contributed by atoms with Crippen molar-refractivity contribution >= 4 is 23.4 Å². The molecule has 0 radical (unpaired) electrons. The zero-order valence-corrected chi connectivity index (χ0v) is 14.6. The summed E-state index contributed by atoms with van der Waals surface area (Å²) < 4.78 is 1.79. The predicted octanol–water partition coefficient (Wildman–Crippen LogP) is 3.56. The zero-order valence-electron chi connectivity index (χ0n) is 14.6. The highest BCUT2D eigenvalue weighted by Gasteiger charge is 2.32. The summed E-state index contributed by atoms with van der Waals surface area (Å²) in [5.74, 6) is -0.140. The van der Waals surface area contributed by atoms with Crippen LogP contribution in [0.25, 0.3) is 6.08 Å². The summed E-state index contributed by atoms with van der Waals surface area (Å²) in [5, 5.41) is 10.4. The van der Waals surface area contributed by atoms with Crippen molar-refractivity contribution in [3.8, 4) is 0 Å². The van der Waals surface area contributed by atoms with Crippen LogP contribution in [0.2, 0.25) is 0 Å². The van der Waals surface area contributed by atoms with Gasteiger partial charge in [0.05, 0.1) is 17.5 Å². The van der Waals surface area contributed by atoms with Gasteiger partial charge in [0.15, 0.2) is 0 Å². The van der Waals surface area contributed by atoms with Crippen LogP contribution in [0.1, 0.15) is 16.8 Å². The molecule has 0 unspecified atom stereocenters. The third kappa shape index (κ3) is 2.73. The first-order valence-corrected chi connectivity index (χ1v) is 8.39. The molecule has 0 spiro atoms. The Bertz CT molecular complexity index is 1020. The third-order valence-electron chi connectivity index (χ3n) is 4.50. The first kappa shape index (κ1) is 16.0. The van der Waals surface area contributed by atoms with Crippen molar-refractivity contribution in [2.75, 3.05) is 5.01 Å². The molecule has 4 rings (SSSR count). The first-order chi connectivity index (χ1) is 12.6. The largest absolute Gasteiger partial charge is 0.281 e. The number of hydrazone groups is 1. The number of rotatable bonds is 3. The minimum Gasteiger partial charge on any atom is -0.272 e. The van der Waals surface area contributed by atoms with Crippen molar-refractivity contribution in [2.45, 2.75) is 6.92 Å². The van der Waals surface area contributed by atoms with E-state index in [2.05, 4.69) is 10.2 Å². The van der Waals surface area contributed by atoms with Gasteiger partial charge in [-0.1, -0.05) is 48.5 Å². The Balaban J connectivity index is 1.85. The van der Waals surface area contributed by atoms with Crippen molar-refractivity contribution in [1.82, 2.24) is 9.78 Å². The number of benzene rings is 2. The van der Waals surface area contributed by atoms with Gasteiger partial charge in [0, 0.05) is 23.9 Å². The number of aryl methyl sites for hydroxylation is 1. The van der Waals surface area contributed by atoms with E-state index in [-0.39, 0.29) is 5.91 Å². The Hall–Kier alpha value is -3.47. The molecule has 0 saturated carbocycles. The van der Waals surface area contributed by atoms with Gasteiger partial charge in [-0.05, 0) is 25.1 Å². The number of hydrogen-bond donors (Lipinski definition) is 0. The van der Waals surface area contributed by atoms with Crippen LogP contribution in [0, 0.1) is 6.92 Å². The third-order valence-corrected chi connectivity index (χ3v) is 4.50. The van der Waals surface area contributed by atoms with Crippen molar-refractivity contribution in [3.63, 3.8) is 0 Å². The number of carbonyl (C=O) groups is 1. The van der Waals surface area contributed by atoms with E-state index < -0.39 is 0 Å². The maximum atomic E-state index is 13.1. The Labute approximate surface area is 151 Å². The Morgan fingerprint density at radius 3 is 2.23 bits per heavy atom. The van der Waals surface area contributed by atoms with Gasteiger partial charge in [0.1, 0.15) is 5.71 Å². The van der Waals surface area contributed by atoms with E-state index in [1.54, 1.807) is 10.9 Å². The monoisotopic (exact) mass is 342 g/mol. The second-order valence-corrected chi connectivity index (χ2v) is 6.13. The Morgan fingerprint density at radius 1 is 0.962 bits per heavy atom. The summed E-state index contributed by atoms with van der Waals surface area (Å²) in [5.41, 5.74) is 4.80. The summed E-state index contributed by atoms with van der Waals surface area (Å²) in [7, 11) is 1.89. The van der Waals surface area contributed by atoms with Crippen molar-refractivity contribution in [3.05, 3.63) is 89.3 Å². The zero-order chi connectivity index (χ0) is 18.1. The van der Waals surface area contributed by atoms with Gasteiger partial charge < -0.3 is 0 Å². The first-order valence-electron chi connectivity index (χ1n) is 8.39. The van der Waals surface area contributed by atoms with E-state index in [0.29, 0.717) is 11.3 Å². The molecule has 0 N–H and O–H groups in total. The van der Waals surface area contributed by atoms with Crippen LogP contribution in [0.4, 0.5) is 5.69 Å². The number of para-hydroxylation sites is 1. The minimum absolute atomic E-state index is 0.140. The standard InChI is InChI=1S/C21H18N4O/c1-15-17(14-22-24(15)2)13-19-20(16-9-5-3-6-10-16)23-25(21(19)26)18-11-7-4-8-12-18/h3-14H,1-2H3/b19-13+. The molecule has 0 saturated heterocycles. The van der Waals surface area contributed by atoms with E-state index in [0.717, 1.165) is 22.5 Å². The summed E-state index contributed by atoms with van der Waals surface area (Å²) in [4.78, 5) is 13.1. The number of amides is 1. The van der Waals surface area contributed by atoms with Crippen LogP contribution < -0.4 is 5.01 Å². The minimum atomic E-state index is -0.140. The van der Waals surface area contributed by atoms with E-state index in [4.69, 9.17) is 0 Å². The Kier molecular flexibility index (Phi) is 3.97. The normalized spacial score (nSPS) is 15.6. The van der Waals surface area contributed by atoms with Crippen LogP contribution in [-0.4, -0.2) is 21.4 Å². The van der Waals surface area contributed by atoms with Gasteiger partial charge in [0.25, 0.3) is 5.91 Å². The second-order valence-electron chi connectivity index (χ2n) is 6.13. The number of aromatic nitrogens is 2. The maximum absolute atomic E-state index is 13.1. The van der Waals surface area contributed by atoms with Crippen molar-refractivity contribution < 1.29 is 4.79 Å². The molecule has 5 nitrogen and oxygen atoms in total. The van der Waals surface area contributed by atoms with Crippen molar-refractivity contribution in [2.24, 2.45) is 12.1 Å². The molecule has 3 aromatic rings. The lowest BCUT2D eigenvalue weighted by Crippen LogP contribution is -2.21. The molecule has 1 aromatic heterocycles. The molecule has 5 heteroatoms. The molecule has 1 amide bonds. The average Bonchev–Trinajstić information content (AvgIpc) is 3.18. The number of hydrogen-bond acceptors (Lipinski definition) is 3. The molecular weight excluding hydrogens is 324 g/mol. The summed E-state index contributed by atoms with van der Waals surface area (Å²) in [6, 6.07) is 19.2. The fraction of sp³-hybridized carbons (Fsp3) is 0.0952. The van der Waals surface area contributed by atoms with Gasteiger partial charge >= 0.3 is 0 Å². The molecule has 1 aliphatic heterocycles. The lowest BCUT2D eigenvalue weighted by Gasteiger charge is -2.10. The highest BCUT2D eigenvalue weighted by atomic mass is 16.2. The molecule has 2 heterocycles. The highest BCUT2D eigenvalue weighted by Crippen LogP contribution is 2.28. The maximum Gasteiger partial charge on any atom is 0.281 e. The molecular formula is C21H18N4O. The molecule has 1 aliphatic rings.